The smallest absolute Gasteiger partial charge is 0.126 e. The normalized spacial score (nSPS) is 11.8. The molecule has 88 valence electrons. The minimum atomic E-state index is -0.310. The second-order valence-electron chi connectivity index (χ2n) is 4.87. The molecule has 0 unspecified atom stereocenters. The first-order valence-electron chi connectivity index (χ1n) is 5.33. The van der Waals surface area contributed by atoms with Crippen molar-refractivity contribution in [1.29, 1.82) is 0 Å². The first-order chi connectivity index (χ1) is 7.44. The number of benzene rings is 1. The van der Waals surface area contributed by atoms with Crippen LogP contribution < -0.4 is 0 Å². The number of halogens is 1. The van der Waals surface area contributed by atoms with Crippen LogP contribution in [0, 0.1) is 5.41 Å². The Hall–Kier alpha value is -0.860. The summed E-state index contributed by atoms with van der Waals surface area (Å²) in [4.78, 5) is 12.9. The van der Waals surface area contributed by atoms with Crippen LogP contribution in [0.2, 0.25) is 5.02 Å². The average molecular weight is 240 g/mol. The van der Waals surface area contributed by atoms with Crippen molar-refractivity contribution in [2.24, 2.45) is 5.41 Å². The van der Waals surface area contributed by atoms with Gasteiger partial charge in [0.25, 0.3) is 0 Å². The van der Waals surface area contributed by atoms with Crippen LogP contribution in [0.15, 0.2) is 24.3 Å². The highest BCUT2D eigenvalue weighted by atomic mass is 35.5. The van der Waals surface area contributed by atoms with Crippen LogP contribution in [0.3, 0.4) is 0 Å². The highest BCUT2D eigenvalue weighted by molar-refractivity contribution is 6.31. The lowest BCUT2D eigenvalue weighted by atomic mass is 9.95. The van der Waals surface area contributed by atoms with Gasteiger partial charge >= 0.3 is 0 Å². The van der Waals surface area contributed by atoms with Gasteiger partial charge in [-0.15, -0.1) is 0 Å². The predicted octanol–water partition coefficient (Wildman–Crippen LogP) is 3.00. The maximum atomic E-state index is 10.8. The number of hydrogen-bond donors (Lipinski definition) is 0. The summed E-state index contributed by atoms with van der Waals surface area (Å²) >= 11 is 6.08. The molecule has 0 saturated carbocycles. The molecule has 1 rings (SSSR count). The molecule has 0 fully saturated rings. The summed E-state index contributed by atoms with van der Waals surface area (Å²) < 4.78 is 0. The lowest BCUT2D eigenvalue weighted by Crippen LogP contribution is -2.32. The van der Waals surface area contributed by atoms with E-state index < -0.39 is 0 Å². The highest BCUT2D eigenvalue weighted by Crippen LogP contribution is 2.19. The summed E-state index contributed by atoms with van der Waals surface area (Å²) in [7, 11) is 1.99. The minimum absolute atomic E-state index is 0.310. The van der Waals surface area contributed by atoms with Gasteiger partial charge in [-0.1, -0.05) is 43.6 Å². The van der Waals surface area contributed by atoms with Crippen molar-refractivity contribution >= 4 is 17.9 Å². The molecule has 0 radical (unpaired) electrons. The molecule has 1 aromatic carbocycles. The molecule has 0 heterocycles. The maximum absolute atomic E-state index is 10.8. The van der Waals surface area contributed by atoms with E-state index in [2.05, 4.69) is 4.90 Å². The van der Waals surface area contributed by atoms with Gasteiger partial charge in [0, 0.05) is 23.5 Å². The summed E-state index contributed by atoms with van der Waals surface area (Å²) in [5.74, 6) is 0. The summed E-state index contributed by atoms with van der Waals surface area (Å²) in [5, 5.41) is 0.776. The SMILES string of the molecule is CN(Cc1ccccc1Cl)CC(C)(C)C=O. The molecule has 0 atom stereocenters. The lowest BCUT2D eigenvalue weighted by Gasteiger charge is -2.25. The zero-order valence-electron chi connectivity index (χ0n) is 10.0. The van der Waals surface area contributed by atoms with E-state index in [0.29, 0.717) is 0 Å². The van der Waals surface area contributed by atoms with Crippen LogP contribution in [0.1, 0.15) is 19.4 Å². The third kappa shape index (κ3) is 3.95. The first-order valence-corrected chi connectivity index (χ1v) is 5.71. The molecule has 0 aliphatic heterocycles. The molecular formula is C13H18ClNO. The van der Waals surface area contributed by atoms with Gasteiger partial charge in [-0.05, 0) is 18.7 Å². The van der Waals surface area contributed by atoms with E-state index in [1.54, 1.807) is 0 Å². The molecule has 0 aliphatic rings. The van der Waals surface area contributed by atoms with Crippen molar-refractivity contribution in [3.8, 4) is 0 Å². The van der Waals surface area contributed by atoms with Gasteiger partial charge < -0.3 is 9.69 Å². The van der Waals surface area contributed by atoms with Gasteiger partial charge in [-0.3, -0.25) is 0 Å². The molecule has 2 nitrogen and oxygen atoms in total. The quantitative estimate of drug-likeness (QED) is 0.737. The van der Waals surface area contributed by atoms with Crippen molar-refractivity contribution in [3.63, 3.8) is 0 Å². The fourth-order valence-corrected chi connectivity index (χ4v) is 1.90. The standard InChI is InChI=1S/C13H18ClNO/c1-13(2,10-16)9-15(3)8-11-6-4-5-7-12(11)14/h4-7,10H,8-9H2,1-3H3. The molecule has 0 bridgehead atoms. The maximum Gasteiger partial charge on any atom is 0.126 e. The fraction of sp³-hybridized carbons (Fsp3) is 0.462. The Morgan fingerprint density at radius 3 is 2.56 bits per heavy atom. The monoisotopic (exact) mass is 239 g/mol. The van der Waals surface area contributed by atoms with E-state index in [0.717, 1.165) is 30.0 Å². The Morgan fingerprint density at radius 1 is 1.38 bits per heavy atom. The van der Waals surface area contributed by atoms with E-state index in [-0.39, 0.29) is 5.41 Å². The van der Waals surface area contributed by atoms with Gasteiger partial charge in [0.05, 0.1) is 0 Å². The molecule has 0 spiro atoms. The minimum Gasteiger partial charge on any atom is -0.303 e. The molecule has 0 amide bonds. The Bertz CT molecular complexity index is 363. The van der Waals surface area contributed by atoms with E-state index >= 15 is 0 Å². The van der Waals surface area contributed by atoms with Crippen LogP contribution in [-0.2, 0) is 11.3 Å². The van der Waals surface area contributed by atoms with Crippen LogP contribution in [0.25, 0.3) is 0 Å². The zero-order valence-corrected chi connectivity index (χ0v) is 10.8. The van der Waals surface area contributed by atoms with Crippen molar-refractivity contribution in [2.45, 2.75) is 20.4 Å². The van der Waals surface area contributed by atoms with Gasteiger partial charge in [0.15, 0.2) is 0 Å². The summed E-state index contributed by atoms with van der Waals surface area (Å²) in [5.41, 5.74) is 0.782. The van der Waals surface area contributed by atoms with Gasteiger partial charge in [0.1, 0.15) is 6.29 Å². The lowest BCUT2D eigenvalue weighted by molar-refractivity contribution is -0.115. The van der Waals surface area contributed by atoms with E-state index in [9.17, 15) is 4.79 Å². The van der Waals surface area contributed by atoms with Gasteiger partial charge in [-0.25, -0.2) is 0 Å². The van der Waals surface area contributed by atoms with Crippen LogP contribution in [0.4, 0.5) is 0 Å². The Labute approximate surface area is 102 Å². The first kappa shape index (κ1) is 13.2. The van der Waals surface area contributed by atoms with Gasteiger partial charge in [0.2, 0.25) is 0 Å². The van der Waals surface area contributed by atoms with E-state index in [4.69, 9.17) is 11.6 Å². The van der Waals surface area contributed by atoms with Crippen molar-refractivity contribution in [1.82, 2.24) is 4.90 Å². The van der Waals surface area contributed by atoms with Gasteiger partial charge in [-0.2, -0.15) is 0 Å². The van der Waals surface area contributed by atoms with Crippen molar-refractivity contribution in [2.75, 3.05) is 13.6 Å². The number of rotatable bonds is 5. The predicted molar refractivity (Wildman–Crippen MR) is 67.6 cm³/mol. The third-order valence-electron chi connectivity index (χ3n) is 2.39. The fourth-order valence-electron chi connectivity index (χ4n) is 1.71. The molecular weight excluding hydrogens is 222 g/mol. The molecule has 3 heteroatoms. The van der Waals surface area contributed by atoms with Crippen LogP contribution in [0.5, 0.6) is 0 Å². The van der Waals surface area contributed by atoms with Crippen LogP contribution in [-0.4, -0.2) is 24.8 Å². The Morgan fingerprint density at radius 2 is 2.00 bits per heavy atom. The number of carbonyl (C=O) groups is 1. The average Bonchev–Trinajstić information content (AvgIpc) is 2.21. The molecule has 16 heavy (non-hydrogen) atoms. The summed E-state index contributed by atoms with van der Waals surface area (Å²) in [6, 6.07) is 7.78. The topological polar surface area (TPSA) is 20.3 Å². The number of hydrogen-bond acceptors (Lipinski definition) is 2. The number of nitrogens with zero attached hydrogens (tertiary/aromatic N) is 1. The molecule has 0 aliphatic carbocycles. The van der Waals surface area contributed by atoms with E-state index in [1.165, 1.54) is 0 Å². The Kier molecular flexibility index (Phi) is 4.51. The Balaban J connectivity index is 2.62. The van der Waals surface area contributed by atoms with E-state index in [1.807, 2.05) is 45.2 Å². The second kappa shape index (κ2) is 5.46. The summed E-state index contributed by atoms with van der Waals surface area (Å²) in [6.07, 6.45) is 0.996. The number of carbonyl (C=O) groups excluding carboxylic acids is 1. The third-order valence-corrected chi connectivity index (χ3v) is 2.76. The highest BCUT2D eigenvalue weighted by Gasteiger charge is 2.19. The van der Waals surface area contributed by atoms with Crippen LogP contribution >= 0.6 is 11.6 Å². The molecule has 0 saturated heterocycles. The zero-order chi connectivity index (χ0) is 12.2. The largest absolute Gasteiger partial charge is 0.303 e. The molecule has 1 aromatic rings. The summed E-state index contributed by atoms with van der Waals surface area (Å²) in [6.45, 7) is 5.35. The molecule has 0 aromatic heterocycles. The second-order valence-corrected chi connectivity index (χ2v) is 5.28. The van der Waals surface area contributed by atoms with Crippen molar-refractivity contribution in [3.05, 3.63) is 34.9 Å². The van der Waals surface area contributed by atoms with Crippen molar-refractivity contribution < 1.29 is 4.79 Å². The molecule has 0 N–H and O–H groups in total. The number of aldehydes is 1.